The first-order valence-electron chi connectivity index (χ1n) is 4.89. The molecule has 0 aliphatic heterocycles. The first-order valence-corrected chi connectivity index (χ1v) is 4.89. The van der Waals surface area contributed by atoms with Gasteiger partial charge in [0.1, 0.15) is 5.69 Å². The van der Waals surface area contributed by atoms with Crippen molar-refractivity contribution >= 4 is 5.78 Å². The Morgan fingerprint density at radius 2 is 2.18 bits per heavy atom. The van der Waals surface area contributed by atoms with Crippen LogP contribution in [0.1, 0.15) is 29.4 Å². The molecule has 2 rings (SSSR count). The molecule has 0 saturated carbocycles. The molecule has 0 aliphatic carbocycles. The third-order valence-corrected chi connectivity index (χ3v) is 2.25. The molecule has 0 fully saturated rings. The zero-order valence-corrected chi connectivity index (χ0v) is 8.97. The van der Waals surface area contributed by atoms with E-state index >= 15 is 0 Å². The number of rotatable bonds is 3. The van der Waals surface area contributed by atoms with Crippen LogP contribution in [0.15, 0.2) is 30.5 Å². The minimum Gasteiger partial charge on any atom is -0.295 e. The molecule has 1 heterocycles. The Labute approximate surface area is 95.9 Å². The normalized spacial score (nSPS) is 10.8. The molecule has 0 N–H and O–H groups in total. The fraction of sp³-hybridized carbons (Fsp3) is 0.182. The van der Waals surface area contributed by atoms with Gasteiger partial charge in [0.25, 0.3) is 6.43 Å². The summed E-state index contributed by atoms with van der Waals surface area (Å²) in [4.78, 5) is 11.2. The Morgan fingerprint density at radius 3 is 2.76 bits per heavy atom. The second-order valence-corrected chi connectivity index (χ2v) is 3.50. The Bertz CT molecular complexity index is 551. The van der Waals surface area contributed by atoms with Crippen LogP contribution in [0.25, 0.3) is 5.69 Å². The van der Waals surface area contributed by atoms with Crippen molar-refractivity contribution in [3.8, 4) is 5.69 Å². The van der Waals surface area contributed by atoms with Crippen molar-refractivity contribution in [2.24, 2.45) is 0 Å². The Balaban J connectivity index is 2.38. The fourth-order valence-corrected chi connectivity index (χ4v) is 1.37. The van der Waals surface area contributed by atoms with Crippen molar-refractivity contribution < 1.29 is 13.6 Å². The number of ketones is 1. The monoisotopic (exact) mass is 237 g/mol. The molecule has 0 atom stereocenters. The zero-order chi connectivity index (χ0) is 12.4. The van der Waals surface area contributed by atoms with E-state index in [4.69, 9.17) is 0 Å². The van der Waals surface area contributed by atoms with Crippen LogP contribution in [-0.4, -0.2) is 20.8 Å². The van der Waals surface area contributed by atoms with Crippen molar-refractivity contribution in [2.75, 3.05) is 0 Å². The van der Waals surface area contributed by atoms with Gasteiger partial charge in [-0.3, -0.25) is 4.79 Å². The van der Waals surface area contributed by atoms with Crippen molar-refractivity contribution in [3.05, 3.63) is 41.7 Å². The maximum absolute atomic E-state index is 12.3. The van der Waals surface area contributed by atoms with E-state index in [0.29, 0.717) is 11.3 Å². The molecule has 4 nitrogen and oxygen atoms in total. The van der Waals surface area contributed by atoms with Crippen molar-refractivity contribution in [3.63, 3.8) is 0 Å². The van der Waals surface area contributed by atoms with Gasteiger partial charge < -0.3 is 0 Å². The van der Waals surface area contributed by atoms with Crippen molar-refractivity contribution in [1.82, 2.24) is 15.0 Å². The van der Waals surface area contributed by atoms with Crippen LogP contribution in [0.2, 0.25) is 0 Å². The number of carbonyl (C=O) groups excluding carboxylic acids is 1. The van der Waals surface area contributed by atoms with Gasteiger partial charge in [0.2, 0.25) is 0 Å². The maximum Gasteiger partial charge on any atom is 0.283 e. The number of hydrogen-bond donors (Lipinski definition) is 0. The maximum atomic E-state index is 12.3. The molecule has 88 valence electrons. The molecule has 0 spiro atoms. The van der Waals surface area contributed by atoms with Crippen LogP contribution in [0.4, 0.5) is 8.78 Å². The number of aromatic nitrogens is 3. The van der Waals surface area contributed by atoms with Gasteiger partial charge in [-0.25, -0.2) is 13.5 Å². The van der Waals surface area contributed by atoms with Gasteiger partial charge in [-0.2, -0.15) is 0 Å². The number of halogens is 2. The second kappa shape index (κ2) is 4.40. The molecule has 0 bridgehead atoms. The zero-order valence-electron chi connectivity index (χ0n) is 8.97. The third-order valence-electron chi connectivity index (χ3n) is 2.25. The highest BCUT2D eigenvalue weighted by Crippen LogP contribution is 2.17. The molecule has 0 unspecified atom stereocenters. The van der Waals surface area contributed by atoms with Crippen LogP contribution < -0.4 is 0 Å². The van der Waals surface area contributed by atoms with E-state index in [9.17, 15) is 13.6 Å². The highest BCUT2D eigenvalue weighted by Gasteiger charge is 2.12. The highest BCUT2D eigenvalue weighted by atomic mass is 19.3. The van der Waals surface area contributed by atoms with Crippen LogP contribution in [0.5, 0.6) is 0 Å². The van der Waals surface area contributed by atoms with Crippen molar-refractivity contribution in [2.45, 2.75) is 13.3 Å². The van der Waals surface area contributed by atoms with Crippen LogP contribution in [0, 0.1) is 0 Å². The van der Waals surface area contributed by atoms with E-state index in [1.165, 1.54) is 11.6 Å². The summed E-state index contributed by atoms with van der Waals surface area (Å²) in [5.74, 6) is -0.0963. The lowest BCUT2D eigenvalue weighted by atomic mass is 10.1. The highest BCUT2D eigenvalue weighted by molar-refractivity contribution is 5.94. The van der Waals surface area contributed by atoms with E-state index in [1.54, 1.807) is 24.3 Å². The van der Waals surface area contributed by atoms with Gasteiger partial charge in [-0.1, -0.05) is 17.3 Å². The summed E-state index contributed by atoms with van der Waals surface area (Å²) in [6.07, 6.45) is -1.51. The van der Waals surface area contributed by atoms with Gasteiger partial charge in [0.05, 0.1) is 11.9 Å². The van der Waals surface area contributed by atoms with Gasteiger partial charge in [0.15, 0.2) is 5.78 Å². The number of benzene rings is 1. The molecule has 6 heteroatoms. The molecule has 1 aromatic heterocycles. The van der Waals surface area contributed by atoms with E-state index in [-0.39, 0.29) is 5.78 Å². The molecular formula is C11H9F2N3O. The van der Waals surface area contributed by atoms with Crippen LogP contribution in [-0.2, 0) is 0 Å². The third kappa shape index (κ3) is 2.35. The lowest BCUT2D eigenvalue weighted by Gasteiger charge is -2.01. The summed E-state index contributed by atoms with van der Waals surface area (Å²) < 4.78 is 25.9. The lowest BCUT2D eigenvalue weighted by molar-refractivity contribution is 0.101. The number of carbonyl (C=O) groups is 1. The van der Waals surface area contributed by atoms with Gasteiger partial charge in [-0.05, 0) is 19.1 Å². The quantitative estimate of drug-likeness (QED) is 0.770. The minimum absolute atomic E-state index is 0.0963. The van der Waals surface area contributed by atoms with Gasteiger partial charge >= 0.3 is 0 Å². The number of Topliss-reactive ketones (excluding diaryl/α,β-unsaturated/α-hetero) is 1. The van der Waals surface area contributed by atoms with E-state index in [2.05, 4.69) is 10.3 Å². The van der Waals surface area contributed by atoms with Gasteiger partial charge in [0, 0.05) is 5.56 Å². The summed E-state index contributed by atoms with van der Waals surface area (Å²) in [6, 6.07) is 6.55. The molecular weight excluding hydrogens is 228 g/mol. The first kappa shape index (κ1) is 11.4. The second-order valence-electron chi connectivity index (χ2n) is 3.50. The summed E-state index contributed by atoms with van der Waals surface area (Å²) in [6.45, 7) is 1.44. The fourth-order valence-electron chi connectivity index (χ4n) is 1.37. The molecule has 0 radical (unpaired) electrons. The van der Waals surface area contributed by atoms with Gasteiger partial charge in [-0.15, -0.1) is 5.10 Å². The SMILES string of the molecule is CC(=O)c1cccc(-n2cc(C(F)F)nn2)c1. The standard InChI is InChI=1S/C11H9F2N3O/c1-7(17)8-3-2-4-9(5-8)16-6-10(11(12)13)14-15-16/h2-6,11H,1H3. The number of nitrogens with zero attached hydrogens (tertiary/aromatic N) is 3. The molecule has 2 aromatic rings. The average Bonchev–Trinajstić information content (AvgIpc) is 2.78. The smallest absolute Gasteiger partial charge is 0.283 e. The Morgan fingerprint density at radius 1 is 1.41 bits per heavy atom. The molecule has 0 aliphatic rings. The average molecular weight is 237 g/mol. The van der Waals surface area contributed by atoms with E-state index in [1.807, 2.05) is 0 Å². The van der Waals surface area contributed by atoms with Crippen LogP contribution >= 0.6 is 0 Å². The first-order chi connectivity index (χ1) is 8.08. The minimum atomic E-state index is -2.65. The summed E-state index contributed by atoms with van der Waals surface area (Å²) in [5.41, 5.74) is 0.631. The number of hydrogen-bond acceptors (Lipinski definition) is 3. The summed E-state index contributed by atoms with van der Waals surface area (Å²) in [7, 11) is 0. The molecule has 17 heavy (non-hydrogen) atoms. The largest absolute Gasteiger partial charge is 0.295 e. The molecule has 0 saturated heterocycles. The van der Waals surface area contributed by atoms with E-state index < -0.39 is 12.1 Å². The summed E-state index contributed by atoms with van der Waals surface area (Å²) >= 11 is 0. The topological polar surface area (TPSA) is 47.8 Å². The Kier molecular flexibility index (Phi) is 2.95. The summed E-state index contributed by atoms with van der Waals surface area (Å²) in [5, 5.41) is 6.93. The predicted octanol–water partition coefficient (Wildman–Crippen LogP) is 2.41. The number of alkyl halides is 2. The van der Waals surface area contributed by atoms with E-state index in [0.717, 1.165) is 6.20 Å². The Hall–Kier alpha value is -2.11. The van der Waals surface area contributed by atoms with Crippen LogP contribution in [0.3, 0.4) is 0 Å². The predicted molar refractivity (Wildman–Crippen MR) is 56.3 cm³/mol. The molecule has 1 aromatic carbocycles. The lowest BCUT2D eigenvalue weighted by Crippen LogP contribution is -1.98. The molecule has 0 amide bonds. The van der Waals surface area contributed by atoms with Crippen molar-refractivity contribution in [1.29, 1.82) is 0 Å².